The zero-order valence-electron chi connectivity index (χ0n) is 9.43. The number of rotatable bonds is 7. The van der Waals surface area contributed by atoms with Gasteiger partial charge in [0.15, 0.2) is 0 Å². The highest BCUT2D eigenvalue weighted by Gasteiger charge is 1.99. The molecule has 1 aromatic carbocycles. The lowest BCUT2D eigenvalue weighted by atomic mass is 10.2. The number of nitrogens with one attached hydrogen (secondary N) is 1. The van der Waals surface area contributed by atoms with Crippen LogP contribution in [0.2, 0.25) is 10.0 Å². The Kier molecular flexibility index (Phi) is 6.81. The summed E-state index contributed by atoms with van der Waals surface area (Å²) in [6, 6.07) is 5.55. The lowest BCUT2D eigenvalue weighted by Crippen LogP contribution is -2.20. The van der Waals surface area contributed by atoms with E-state index in [2.05, 4.69) is 12.2 Å². The fourth-order valence-corrected chi connectivity index (χ4v) is 1.59. The highest BCUT2D eigenvalue weighted by molar-refractivity contribution is 6.41. The molecule has 0 spiro atoms. The zero-order valence-corrected chi connectivity index (χ0v) is 10.9. The molecule has 16 heavy (non-hydrogen) atoms. The van der Waals surface area contributed by atoms with Gasteiger partial charge in [0.1, 0.15) is 0 Å². The van der Waals surface area contributed by atoms with E-state index >= 15 is 0 Å². The third-order valence-corrected chi connectivity index (χ3v) is 2.84. The van der Waals surface area contributed by atoms with Crippen molar-refractivity contribution in [1.29, 1.82) is 0 Å². The molecule has 90 valence electrons. The van der Waals surface area contributed by atoms with Crippen molar-refractivity contribution in [2.45, 2.75) is 20.0 Å². The normalized spacial score (nSPS) is 10.7. The zero-order chi connectivity index (χ0) is 11.8. The van der Waals surface area contributed by atoms with Gasteiger partial charge in [0.05, 0.1) is 23.3 Å². The van der Waals surface area contributed by atoms with Crippen LogP contribution in [-0.4, -0.2) is 19.7 Å². The smallest absolute Gasteiger partial charge is 0.0718 e. The molecule has 0 bridgehead atoms. The number of ether oxygens (including phenoxy) is 1. The molecule has 0 saturated carbocycles. The van der Waals surface area contributed by atoms with Gasteiger partial charge in [0.2, 0.25) is 0 Å². The topological polar surface area (TPSA) is 21.3 Å². The third kappa shape index (κ3) is 5.17. The van der Waals surface area contributed by atoms with Crippen molar-refractivity contribution in [1.82, 2.24) is 5.32 Å². The average Bonchev–Trinajstić information content (AvgIpc) is 2.28. The van der Waals surface area contributed by atoms with Gasteiger partial charge < -0.3 is 10.1 Å². The molecule has 0 aliphatic heterocycles. The number of hydrogen-bond acceptors (Lipinski definition) is 2. The molecule has 0 radical (unpaired) electrons. The Morgan fingerprint density at radius 3 is 2.69 bits per heavy atom. The molecule has 2 nitrogen and oxygen atoms in total. The minimum atomic E-state index is 0.574. The van der Waals surface area contributed by atoms with Gasteiger partial charge in [-0.3, -0.25) is 0 Å². The van der Waals surface area contributed by atoms with Crippen LogP contribution in [0.5, 0.6) is 0 Å². The van der Waals surface area contributed by atoms with Crippen molar-refractivity contribution in [2.24, 2.45) is 0 Å². The third-order valence-electron chi connectivity index (χ3n) is 2.10. The molecule has 1 N–H and O–H groups in total. The Labute approximate surface area is 107 Å². The van der Waals surface area contributed by atoms with Crippen molar-refractivity contribution in [3.05, 3.63) is 33.8 Å². The average molecular weight is 262 g/mol. The highest BCUT2D eigenvalue weighted by atomic mass is 35.5. The maximum absolute atomic E-state index is 5.90. The van der Waals surface area contributed by atoms with Crippen LogP contribution in [0.4, 0.5) is 0 Å². The van der Waals surface area contributed by atoms with Crippen molar-refractivity contribution in [3.8, 4) is 0 Å². The standard InChI is InChI=1S/C12H17Cl2NO/c1-2-5-15-6-7-16-9-10-3-4-11(13)12(14)8-10/h3-4,8,15H,2,5-7,9H2,1H3. The van der Waals surface area contributed by atoms with Gasteiger partial charge in [-0.2, -0.15) is 0 Å². The first-order chi connectivity index (χ1) is 7.74. The molecular weight excluding hydrogens is 245 g/mol. The first-order valence-corrected chi connectivity index (χ1v) is 6.22. The second-order valence-corrected chi connectivity index (χ2v) is 4.37. The SMILES string of the molecule is CCCNCCOCc1ccc(Cl)c(Cl)c1. The summed E-state index contributed by atoms with van der Waals surface area (Å²) >= 11 is 11.7. The minimum Gasteiger partial charge on any atom is -0.375 e. The molecule has 1 rings (SSSR count). The first kappa shape index (κ1) is 13.8. The second kappa shape index (κ2) is 7.91. The Balaban J connectivity index is 2.19. The first-order valence-electron chi connectivity index (χ1n) is 5.46. The van der Waals surface area contributed by atoms with Crippen LogP contribution in [0.25, 0.3) is 0 Å². The number of halogens is 2. The predicted molar refractivity (Wildman–Crippen MR) is 69.3 cm³/mol. The van der Waals surface area contributed by atoms with E-state index in [9.17, 15) is 0 Å². The molecule has 0 aromatic heterocycles. The van der Waals surface area contributed by atoms with E-state index in [-0.39, 0.29) is 0 Å². The lowest BCUT2D eigenvalue weighted by molar-refractivity contribution is 0.123. The summed E-state index contributed by atoms with van der Waals surface area (Å²) < 4.78 is 5.50. The maximum atomic E-state index is 5.90. The minimum absolute atomic E-state index is 0.574. The summed E-state index contributed by atoms with van der Waals surface area (Å²) in [5, 5.41) is 4.42. The van der Waals surface area contributed by atoms with E-state index in [4.69, 9.17) is 27.9 Å². The molecule has 0 aliphatic rings. The lowest BCUT2D eigenvalue weighted by Gasteiger charge is -2.06. The predicted octanol–water partition coefficient (Wildman–Crippen LogP) is 3.51. The highest BCUT2D eigenvalue weighted by Crippen LogP contribution is 2.22. The maximum Gasteiger partial charge on any atom is 0.0718 e. The molecule has 4 heteroatoms. The van der Waals surface area contributed by atoms with Crippen molar-refractivity contribution in [2.75, 3.05) is 19.7 Å². The van der Waals surface area contributed by atoms with Gasteiger partial charge in [-0.1, -0.05) is 36.2 Å². The molecule has 0 aliphatic carbocycles. The summed E-state index contributed by atoms with van der Waals surface area (Å²) in [6.45, 7) is 5.35. The molecule has 0 fully saturated rings. The van der Waals surface area contributed by atoms with Crippen LogP contribution in [0, 0.1) is 0 Å². The van der Waals surface area contributed by atoms with E-state index in [1.165, 1.54) is 0 Å². The van der Waals surface area contributed by atoms with E-state index in [0.717, 1.165) is 25.1 Å². The van der Waals surface area contributed by atoms with Crippen molar-refractivity contribution < 1.29 is 4.74 Å². The van der Waals surface area contributed by atoms with Crippen LogP contribution in [0.1, 0.15) is 18.9 Å². The van der Waals surface area contributed by atoms with Crippen molar-refractivity contribution >= 4 is 23.2 Å². The molecule has 0 atom stereocenters. The summed E-state index contributed by atoms with van der Waals surface area (Å²) in [6.07, 6.45) is 1.15. The summed E-state index contributed by atoms with van der Waals surface area (Å²) in [5.74, 6) is 0. The molecule has 0 amide bonds. The number of benzene rings is 1. The monoisotopic (exact) mass is 261 g/mol. The van der Waals surface area contributed by atoms with Crippen LogP contribution < -0.4 is 5.32 Å². The van der Waals surface area contributed by atoms with Crippen LogP contribution >= 0.6 is 23.2 Å². The van der Waals surface area contributed by atoms with E-state index in [1.54, 1.807) is 6.07 Å². The molecule has 0 unspecified atom stereocenters. The Hall–Kier alpha value is -0.280. The van der Waals surface area contributed by atoms with Crippen molar-refractivity contribution in [3.63, 3.8) is 0 Å². The Morgan fingerprint density at radius 2 is 2.00 bits per heavy atom. The molecule has 1 aromatic rings. The van der Waals surface area contributed by atoms with E-state index in [1.807, 2.05) is 12.1 Å². The summed E-state index contributed by atoms with van der Waals surface area (Å²) in [7, 11) is 0. The quantitative estimate of drug-likeness (QED) is 0.759. The van der Waals surface area contributed by atoms with Crippen LogP contribution in [-0.2, 0) is 11.3 Å². The van der Waals surface area contributed by atoms with Crippen LogP contribution in [0.3, 0.4) is 0 Å². The van der Waals surface area contributed by atoms with Gasteiger partial charge in [-0.15, -0.1) is 0 Å². The fourth-order valence-electron chi connectivity index (χ4n) is 1.27. The Bertz CT molecular complexity index is 318. The van der Waals surface area contributed by atoms with E-state index < -0.39 is 0 Å². The Morgan fingerprint density at radius 1 is 1.19 bits per heavy atom. The summed E-state index contributed by atoms with van der Waals surface area (Å²) in [5.41, 5.74) is 1.05. The van der Waals surface area contributed by atoms with E-state index in [0.29, 0.717) is 23.3 Å². The number of hydrogen-bond donors (Lipinski definition) is 1. The summed E-state index contributed by atoms with van der Waals surface area (Å²) in [4.78, 5) is 0. The van der Waals surface area contributed by atoms with Gasteiger partial charge in [0.25, 0.3) is 0 Å². The van der Waals surface area contributed by atoms with Crippen LogP contribution in [0.15, 0.2) is 18.2 Å². The van der Waals surface area contributed by atoms with Gasteiger partial charge in [-0.05, 0) is 30.7 Å². The molecule has 0 heterocycles. The van der Waals surface area contributed by atoms with Gasteiger partial charge in [-0.25, -0.2) is 0 Å². The second-order valence-electron chi connectivity index (χ2n) is 3.55. The van der Waals surface area contributed by atoms with Gasteiger partial charge in [0, 0.05) is 6.54 Å². The fraction of sp³-hybridized carbons (Fsp3) is 0.500. The molecular formula is C12H17Cl2NO. The van der Waals surface area contributed by atoms with Gasteiger partial charge >= 0.3 is 0 Å². The molecule has 0 saturated heterocycles. The largest absolute Gasteiger partial charge is 0.375 e.